The highest BCUT2D eigenvalue weighted by atomic mass is 35.5. The quantitative estimate of drug-likeness (QED) is 0.652. The normalized spacial score (nSPS) is 12.9. The lowest BCUT2D eigenvalue weighted by Gasteiger charge is -2.21. The number of halogens is 2. The van der Waals surface area contributed by atoms with Crippen LogP contribution in [-0.4, -0.2) is 23.4 Å². The molecule has 1 heterocycles. The van der Waals surface area contributed by atoms with Gasteiger partial charge in [-0.2, -0.15) is 0 Å². The van der Waals surface area contributed by atoms with Crippen LogP contribution in [0.2, 0.25) is 5.02 Å². The molecule has 1 aromatic heterocycles. The molecule has 1 aliphatic carbocycles. The third kappa shape index (κ3) is 3.96. The Morgan fingerprint density at radius 1 is 1.10 bits per heavy atom. The Hall–Kier alpha value is -3.45. The summed E-state index contributed by atoms with van der Waals surface area (Å²) < 4.78 is 19.8. The lowest BCUT2D eigenvalue weighted by atomic mass is 9.92. The summed E-state index contributed by atoms with van der Waals surface area (Å²) in [6.07, 6.45) is 1.44. The van der Waals surface area contributed by atoms with Crippen LogP contribution in [0.25, 0.3) is 5.69 Å². The summed E-state index contributed by atoms with van der Waals surface area (Å²) in [4.78, 5) is 38.8. The molecule has 1 N–H and O–H groups in total. The number of pyridine rings is 1. The second-order valence-electron chi connectivity index (χ2n) is 7.12. The van der Waals surface area contributed by atoms with Crippen LogP contribution < -0.4 is 15.6 Å². The third-order valence-corrected chi connectivity index (χ3v) is 5.46. The predicted molar refractivity (Wildman–Crippen MR) is 115 cm³/mol. The molecule has 0 bridgehead atoms. The molecule has 0 radical (unpaired) electrons. The molecule has 0 spiro atoms. The molecule has 0 aliphatic heterocycles. The van der Waals surface area contributed by atoms with Gasteiger partial charge in [0.15, 0.2) is 5.78 Å². The molecule has 31 heavy (non-hydrogen) atoms. The van der Waals surface area contributed by atoms with E-state index in [0.29, 0.717) is 52.7 Å². The van der Waals surface area contributed by atoms with E-state index in [-0.39, 0.29) is 11.3 Å². The molecule has 6 nitrogen and oxygen atoms in total. The van der Waals surface area contributed by atoms with Crippen LogP contribution in [0.3, 0.4) is 0 Å². The number of carbonyl (C=O) groups excluding carboxylic acids is 2. The number of amides is 1. The van der Waals surface area contributed by atoms with Gasteiger partial charge in [-0.25, -0.2) is 4.39 Å². The van der Waals surface area contributed by atoms with E-state index < -0.39 is 17.3 Å². The van der Waals surface area contributed by atoms with E-state index in [4.69, 9.17) is 16.3 Å². The maximum atomic E-state index is 13.4. The molecule has 3 aromatic rings. The van der Waals surface area contributed by atoms with Crippen molar-refractivity contribution >= 4 is 29.0 Å². The van der Waals surface area contributed by atoms with Crippen LogP contribution in [0.1, 0.15) is 39.3 Å². The van der Waals surface area contributed by atoms with Gasteiger partial charge in [0.05, 0.1) is 12.1 Å². The van der Waals surface area contributed by atoms with Crippen LogP contribution in [0.15, 0.2) is 53.3 Å². The highest BCUT2D eigenvalue weighted by Gasteiger charge is 2.26. The molecule has 0 unspecified atom stereocenters. The highest BCUT2D eigenvalue weighted by Crippen LogP contribution is 2.28. The number of methoxy groups -OCH3 is 1. The predicted octanol–water partition coefficient (Wildman–Crippen LogP) is 4.41. The second-order valence-corrected chi connectivity index (χ2v) is 7.52. The summed E-state index contributed by atoms with van der Waals surface area (Å²) >= 11 is 6.10. The van der Waals surface area contributed by atoms with E-state index in [9.17, 15) is 18.8 Å². The largest absolute Gasteiger partial charge is 0.495 e. The minimum absolute atomic E-state index is 0.140. The summed E-state index contributed by atoms with van der Waals surface area (Å²) in [7, 11) is 1.47. The first kappa shape index (κ1) is 20.8. The summed E-state index contributed by atoms with van der Waals surface area (Å²) in [5, 5.41) is 2.93. The number of hydrogen-bond acceptors (Lipinski definition) is 4. The Bertz CT molecular complexity index is 1250. The van der Waals surface area contributed by atoms with Crippen molar-refractivity contribution in [2.45, 2.75) is 19.3 Å². The number of ketones is 1. The number of hydrogen-bond donors (Lipinski definition) is 1. The zero-order valence-corrected chi connectivity index (χ0v) is 17.3. The number of carbonyl (C=O) groups is 2. The number of benzene rings is 2. The number of rotatable bonds is 4. The fourth-order valence-corrected chi connectivity index (χ4v) is 3.92. The molecule has 158 valence electrons. The number of ether oxygens (including phenoxy) is 1. The van der Waals surface area contributed by atoms with Crippen molar-refractivity contribution in [3.05, 3.63) is 86.5 Å². The van der Waals surface area contributed by atoms with Gasteiger partial charge in [-0.05, 0) is 61.4 Å². The van der Waals surface area contributed by atoms with Crippen molar-refractivity contribution in [2.24, 2.45) is 0 Å². The molecule has 1 aliphatic rings. The van der Waals surface area contributed by atoms with Gasteiger partial charge in [-0.3, -0.25) is 19.0 Å². The molecular weight excluding hydrogens is 423 g/mol. The molecule has 0 atom stereocenters. The summed E-state index contributed by atoms with van der Waals surface area (Å²) in [5.41, 5.74) is 0.833. The van der Waals surface area contributed by atoms with E-state index in [2.05, 4.69) is 5.32 Å². The lowest BCUT2D eigenvalue weighted by molar-refractivity contribution is 0.0971. The van der Waals surface area contributed by atoms with E-state index in [1.54, 1.807) is 12.1 Å². The standard InChI is InChI=1S/C23H18ClFN2O4/c1-31-21-10-7-14(11-18(21)24)26-22(29)17-12-16-19(3-2-4-20(16)28)27(23(17)30)15-8-5-13(25)6-9-15/h5-12H,2-4H2,1H3,(H,26,29). The smallest absolute Gasteiger partial charge is 0.268 e. The number of nitrogens with one attached hydrogen (secondary N) is 1. The number of Topliss-reactive ketones (excluding diaryl/α,β-unsaturated/α-hetero) is 1. The molecule has 0 saturated carbocycles. The first-order valence-corrected chi connectivity index (χ1v) is 10.00. The van der Waals surface area contributed by atoms with Crippen LogP contribution in [0.4, 0.5) is 10.1 Å². The fourth-order valence-electron chi connectivity index (χ4n) is 3.66. The maximum Gasteiger partial charge on any atom is 0.268 e. The average Bonchev–Trinajstić information content (AvgIpc) is 2.74. The number of aromatic nitrogens is 1. The van der Waals surface area contributed by atoms with Crippen LogP contribution >= 0.6 is 11.6 Å². The zero-order chi connectivity index (χ0) is 22.1. The lowest BCUT2D eigenvalue weighted by Crippen LogP contribution is -2.33. The maximum absolute atomic E-state index is 13.4. The summed E-state index contributed by atoms with van der Waals surface area (Å²) in [6, 6.07) is 11.4. The van der Waals surface area contributed by atoms with Gasteiger partial charge < -0.3 is 10.1 Å². The van der Waals surface area contributed by atoms with Crippen molar-refractivity contribution in [2.75, 3.05) is 12.4 Å². The van der Waals surface area contributed by atoms with Gasteiger partial charge in [0.1, 0.15) is 17.1 Å². The van der Waals surface area contributed by atoms with Gasteiger partial charge in [0.25, 0.3) is 11.5 Å². The molecule has 0 saturated heterocycles. The Balaban J connectivity index is 1.82. The van der Waals surface area contributed by atoms with Crippen molar-refractivity contribution in [3.63, 3.8) is 0 Å². The van der Waals surface area contributed by atoms with E-state index in [0.717, 1.165) is 0 Å². The van der Waals surface area contributed by atoms with E-state index in [1.165, 1.54) is 48.1 Å². The number of fused-ring (bicyclic) bond motifs is 1. The Labute approximate surface area is 182 Å². The average molecular weight is 441 g/mol. The molecule has 1 amide bonds. The molecule has 2 aromatic carbocycles. The minimum atomic E-state index is -0.678. The van der Waals surface area contributed by atoms with Crippen LogP contribution in [0, 0.1) is 5.82 Å². The van der Waals surface area contributed by atoms with Crippen molar-refractivity contribution in [1.82, 2.24) is 4.57 Å². The summed E-state index contributed by atoms with van der Waals surface area (Å²) in [6.45, 7) is 0. The van der Waals surface area contributed by atoms with Gasteiger partial charge in [-0.1, -0.05) is 11.6 Å². The molecule has 0 fully saturated rings. The monoisotopic (exact) mass is 440 g/mol. The van der Waals surface area contributed by atoms with Gasteiger partial charge in [-0.15, -0.1) is 0 Å². The Morgan fingerprint density at radius 3 is 2.52 bits per heavy atom. The third-order valence-electron chi connectivity index (χ3n) is 5.16. The van der Waals surface area contributed by atoms with Gasteiger partial charge in [0.2, 0.25) is 0 Å². The van der Waals surface area contributed by atoms with Crippen molar-refractivity contribution in [1.29, 1.82) is 0 Å². The first-order valence-electron chi connectivity index (χ1n) is 9.62. The van der Waals surface area contributed by atoms with Crippen molar-refractivity contribution < 1.29 is 18.7 Å². The van der Waals surface area contributed by atoms with E-state index >= 15 is 0 Å². The van der Waals surface area contributed by atoms with Gasteiger partial charge in [0, 0.05) is 29.1 Å². The van der Waals surface area contributed by atoms with E-state index in [1.807, 2.05) is 0 Å². The Kier molecular flexibility index (Phi) is 5.61. The molecular formula is C23H18ClFN2O4. The van der Waals surface area contributed by atoms with Crippen LogP contribution in [-0.2, 0) is 6.42 Å². The van der Waals surface area contributed by atoms with Crippen LogP contribution in [0.5, 0.6) is 5.75 Å². The minimum Gasteiger partial charge on any atom is -0.495 e. The van der Waals surface area contributed by atoms with Gasteiger partial charge >= 0.3 is 0 Å². The number of anilines is 1. The zero-order valence-electron chi connectivity index (χ0n) is 16.6. The summed E-state index contributed by atoms with van der Waals surface area (Å²) in [5.74, 6) is -0.827. The molecule has 4 rings (SSSR count). The Morgan fingerprint density at radius 2 is 1.84 bits per heavy atom. The fraction of sp³-hybridized carbons (Fsp3) is 0.174. The SMILES string of the molecule is COc1ccc(NC(=O)c2cc3c(n(-c4ccc(F)cc4)c2=O)CCCC3=O)cc1Cl. The highest BCUT2D eigenvalue weighted by molar-refractivity contribution is 6.32. The van der Waals surface area contributed by atoms with Crippen molar-refractivity contribution in [3.8, 4) is 11.4 Å². The number of nitrogens with zero attached hydrogens (tertiary/aromatic N) is 1. The first-order chi connectivity index (χ1) is 14.9. The second kappa shape index (κ2) is 8.35. The topological polar surface area (TPSA) is 77.4 Å². The molecule has 8 heteroatoms.